The van der Waals surface area contributed by atoms with Crippen molar-refractivity contribution in [2.24, 2.45) is 0 Å². The third-order valence-electron chi connectivity index (χ3n) is 4.55. The Balaban J connectivity index is 0.00000312. The minimum absolute atomic E-state index is 0. The first-order valence-corrected chi connectivity index (χ1v) is 8.77. The van der Waals surface area contributed by atoms with E-state index in [0.29, 0.717) is 0 Å². The number of nitrogens with zero attached hydrogens (tertiary/aromatic N) is 1. The summed E-state index contributed by atoms with van der Waals surface area (Å²) in [5.74, 6) is 0. The molecule has 2 aromatic rings. The van der Waals surface area contributed by atoms with Crippen LogP contribution < -0.4 is 10.6 Å². The Morgan fingerprint density at radius 2 is 1.00 bits per heavy atom. The molecule has 2 N–H and O–H groups in total. The Labute approximate surface area is 163 Å². The molecule has 0 bridgehead atoms. The molecule has 2 rings (SSSR count). The van der Waals surface area contributed by atoms with Gasteiger partial charge in [-0.1, -0.05) is 36.4 Å². The second-order valence-electron chi connectivity index (χ2n) is 6.69. The first-order valence-electron chi connectivity index (χ1n) is 8.77. The molecule has 0 aliphatic carbocycles. The van der Waals surface area contributed by atoms with Gasteiger partial charge in [0, 0.05) is 54.3 Å². The van der Waals surface area contributed by atoms with E-state index in [1.165, 1.54) is 33.6 Å². The maximum atomic E-state index is 3.58. The van der Waals surface area contributed by atoms with Crippen LogP contribution in [0.2, 0.25) is 0 Å². The molecule has 0 unspecified atom stereocenters. The first-order chi connectivity index (χ1) is 11.5. The number of anilines is 2. The molecule has 0 saturated carbocycles. The van der Waals surface area contributed by atoms with E-state index in [1.807, 2.05) is 0 Å². The van der Waals surface area contributed by atoms with Crippen molar-refractivity contribution in [1.29, 1.82) is 0 Å². The molecule has 0 atom stereocenters. The summed E-state index contributed by atoms with van der Waals surface area (Å²) in [7, 11) is 2.18. The van der Waals surface area contributed by atoms with Crippen LogP contribution in [0, 0.1) is 27.7 Å². The van der Waals surface area contributed by atoms with E-state index in [2.05, 4.69) is 86.7 Å². The Morgan fingerprint density at radius 3 is 1.32 bits per heavy atom. The van der Waals surface area contributed by atoms with Gasteiger partial charge >= 0.3 is 0 Å². The van der Waals surface area contributed by atoms with Crippen molar-refractivity contribution in [3.05, 3.63) is 58.7 Å². The SMILES string of the molecule is Cc1cccc(C)c1NCCN(C)CCNc1c(C)cccc1C.[Co]. The molecule has 25 heavy (non-hydrogen) atoms. The molecule has 139 valence electrons. The van der Waals surface area contributed by atoms with Gasteiger partial charge in [0.1, 0.15) is 0 Å². The van der Waals surface area contributed by atoms with Gasteiger partial charge in [0.15, 0.2) is 0 Å². The smallest absolute Gasteiger partial charge is 0.0400 e. The van der Waals surface area contributed by atoms with Crippen LogP contribution in [0.25, 0.3) is 0 Å². The van der Waals surface area contributed by atoms with Crippen LogP contribution in [0.1, 0.15) is 22.3 Å². The third-order valence-corrected chi connectivity index (χ3v) is 4.55. The van der Waals surface area contributed by atoms with E-state index in [-0.39, 0.29) is 16.8 Å². The fraction of sp³-hybridized carbons (Fsp3) is 0.429. The van der Waals surface area contributed by atoms with E-state index >= 15 is 0 Å². The van der Waals surface area contributed by atoms with Crippen LogP contribution in [0.5, 0.6) is 0 Å². The predicted molar refractivity (Wildman–Crippen MR) is 106 cm³/mol. The monoisotopic (exact) mass is 384 g/mol. The fourth-order valence-electron chi connectivity index (χ4n) is 3.04. The van der Waals surface area contributed by atoms with Gasteiger partial charge in [0.05, 0.1) is 0 Å². The molecule has 0 amide bonds. The minimum atomic E-state index is 0. The van der Waals surface area contributed by atoms with Crippen molar-refractivity contribution >= 4 is 11.4 Å². The molecule has 0 saturated heterocycles. The largest absolute Gasteiger partial charge is 0.383 e. The summed E-state index contributed by atoms with van der Waals surface area (Å²) in [6.45, 7) is 12.6. The number of likely N-dealkylation sites (N-methyl/N-ethyl adjacent to an activating group) is 1. The Kier molecular flexibility index (Phi) is 9.04. The minimum Gasteiger partial charge on any atom is -0.383 e. The standard InChI is InChI=1S/C21H31N3.Co/c1-16-8-6-9-17(2)20(16)22-12-14-24(5)15-13-23-21-18(3)10-7-11-19(21)4;/h6-11,22-23H,12-15H2,1-5H3;. The van der Waals surface area contributed by atoms with Crippen molar-refractivity contribution in [2.45, 2.75) is 27.7 Å². The van der Waals surface area contributed by atoms with Crippen LogP contribution >= 0.6 is 0 Å². The second-order valence-corrected chi connectivity index (χ2v) is 6.69. The molecule has 0 aliphatic heterocycles. The van der Waals surface area contributed by atoms with Gasteiger partial charge in [0.25, 0.3) is 0 Å². The maximum absolute atomic E-state index is 3.58. The van der Waals surface area contributed by atoms with E-state index in [0.717, 1.165) is 26.2 Å². The van der Waals surface area contributed by atoms with Gasteiger partial charge in [0.2, 0.25) is 0 Å². The Morgan fingerprint density at radius 1 is 0.680 bits per heavy atom. The van der Waals surface area contributed by atoms with E-state index < -0.39 is 0 Å². The van der Waals surface area contributed by atoms with Crippen LogP contribution in [0.15, 0.2) is 36.4 Å². The number of hydrogen-bond donors (Lipinski definition) is 2. The normalized spacial score (nSPS) is 10.5. The van der Waals surface area contributed by atoms with Crippen molar-refractivity contribution in [3.8, 4) is 0 Å². The van der Waals surface area contributed by atoms with Crippen LogP contribution in [0.4, 0.5) is 11.4 Å². The van der Waals surface area contributed by atoms with E-state index in [4.69, 9.17) is 0 Å². The van der Waals surface area contributed by atoms with Gasteiger partial charge in [-0.2, -0.15) is 0 Å². The zero-order valence-electron chi connectivity index (χ0n) is 16.1. The molecule has 0 spiro atoms. The molecule has 0 fully saturated rings. The fourth-order valence-corrected chi connectivity index (χ4v) is 3.04. The molecular formula is C21H31CoN3. The van der Waals surface area contributed by atoms with Gasteiger partial charge in [-0.15, -0.1) is 0 Å². The summed E-state index contributed by atoms with van der Waals surface area (Å²) in [5.41, 5.74) is 7.81. The van der Waals surface area contributed by atoms with Crippen molar-refractivity contribution in [1.82, 2.24) is 4.90 Å². The van der Waals surface area contributed by atoms with Gasteiger partial charge in [-0.05, 0) is 57.0 Å². The topological polar surface area (TPSA) is 27.3 Å². The predicted octanol–water partition coefficient (Wildman–Crippen LogP) is 4.37. The zero-order chi connectivity index (χ0) is 17.5. The van der Waals surface area contributed by atoms with Crippen molar-refractivity contribution in [2.75, 3.05) is 43.9 Å². The first kappa shape index (κ1) is 21.5. The Hall–Kier alpha value is -1.49. The molecule has 0 aromatic heterocycles. The van der Waals surface area contributed by atoms with Gasteiger partial charge in [-0.3, -0.25) is 0 Å². The summed E-state index contributed by atoms with van der Waals surface area (Å²) in [6.07, 6.45) is 0. The summed E-state index contributed by atoms with van der Waals surface area (Å²) >= 11 is 0. The number of nitrogens with one attached hydrogen (secondary N) is 2. The summed E-state index contributed by atoms with van der Waals surface area (Å²) in [5, 5.41) is 7.15. The van der Waals surface area contributed by atoms with Gasteiger partial charge in [-0.25, -0.2) is 0 Å². The molecule has 0 aliphatic rings. The van der Waals surface area contributed by atoms with E-state index in [1.54, 1.807) is 0 Å². The van der Waals surface area contributed by atoms with Crippen molar-refractivity contribution in [3.63, 3.8) is 0 Å². The maximum Gasteiger partial charge on any atom is 0.0400 e. The quantitative estimate of drug-likeness (QED) is 0.708. The van der Waals surface area contributed by atoms with Crippen LogP contribution in [-0.4, -0.2) is 38.1 Å². The number of aryl methyl sites for hydroxylation is 4. The van der Waals surface area contributed by atoms with E-state index in [9.17, 15) is 0 Å². The number of hydrogen-bond acceptors (Lipinski definition) is 3. The van der Waals surface area contributed by atoms with Crippen molar-refractivity contribution < 1.29 is 16.8 Å². The van der Waals surface area contributed by atoms with Crippen LogP contribution in [0.3, 0.4) is 0 Å². The molecule has 1 radical (unpaired) electrons. The number of rotatable bonds is 8. The number of benzene rings is 2. The summed E-state index contributed by atoms with van der Waals surface area (Å²) in [6, 6.07) is 12.9. The molecule has 0 heterocycles. The summed E-state index contributed by atoms with van der Waals surface area (Å²) in [4.78, 5) is 2.36. The molecule has 4 heteroatoms. The number of para-hydroxylation sites is 2. The zero-order valence-corrected chi connectivity index (χ0v) is 17.1. The molecular weight excluding hydrogens is 353 g/mol. The van der Waals surface area contributed by atoms with Gasteiger partial charge < -0.3 is 15.5 Å². The molecule has 3 nitrogen and oxygen atoms in total. The second kappa shape index (κ2) is 10.5. The average molecular weight is 384 g/mol. The molecule has 2 aromatic carbocycles. The average Bonchev–Trinajstić information content (AvgIpc) is 2.53. The third kappa shape index (κ3) is 6.38. The Bertz CT molecular complexity index is 572. The van der Waals surface area contributed by atoms with Crippen LogP contribution in [-0.2, 0) is 16.8 Å². The summed E-state index contributed by atoms with van der Waals surface area (Å²) < 4.78 is 0.